The number of benzene rings is 1. The van der Waals surface area contributed by atoms with E-state index in [1.54, 1.807) is 19.4 Å². The van der Waals surface area contributed by atoms with Crippen LogP contribution in [0.15, 0.2) is 42.6 Å². The zero-order chi connectivity index (χ0) is 15.2. The zero-order valence-corrected chi connectivity index (χ0v) is 12.5. The quantitative estimate of drug-likeness (QED) is 0.914. The largest absolute Gasteiger partial charge is 0.497 e. The fraction of sp³-hybridized carbons (Fsp3) is 0.250. The first-order chi connectivity index (χ1) is 10.1. The highest BCUT2D eigenvalue weighted by atomic mass is 16.5. The van der Waals surface area contributed by atoms with Crippen molar-refractivity contribution in [2.75, 3.05) is 26.1 Å². The summed E-state index contributed by atoms with van der Waals surface area (Å²) >= 11 is 0. The molecule has 5 heteroatoms. The predicted octanol–water partition coefficient (Wildman–Crippen LogP) is 2.09. The third-order valence-corrected chi connectivity index (χ3v) is 3.06. The van der Waals surface area contributed by atoms with Crippen LogP contribution in [0.1, 0.15) is 15.9 Å². The van der Waals surface area contributed by atoms with E-state index in [1.807, 2.05) is 49.3 Å². The maximum atomic E-state index is 12.1. The summed E-state index contributed by atoms with van der Waals surface area (Å²) in [6.07, 6.45) is 1.58. The van der Waals surface area contributed by atoms with E-state index >= 15 is 0 Å². The highest BCUT2D eigenvalue weighted by Gasteiger charge is 2.07. The van der Waals surface area contributed by atoms with Gasteiger partial charge in [0, 0.05) is 26.8 Å². The smallest absolute Gasteiger partial charge is 0.253 e. The molecule has 0 aliphatic carbocycles. The number of anilines is 1. The molecule has 21 heavy (non-hydrogen) atoms. The second-order valence-corrected chi connectivity index (χ2v) is 4.83. The maximum Gasteiger partial charge on any atom is 0.253 e. The van der Waals surface area contributed by atoms with Crippen molar-refractivity contribution in [2.24, 2.45) is 0 Å². The van der Waals surface area contributed by atoms with Crippen molar-refractivity contribution < 1.29 is 9.53 Å². The van der Waals surface area contributed by atoms with Crippen LogP contribution in [0.25, 0.3) is 0 Å². The number of pyridine rings is 1. The highest BCUT2D eigenvalue weighted by Crippen LogP contribution is 2.12. The lowest BCUT2D eigenvalue weighted by molar-refractivity contribution is 0.0950. The molecule has 2 rings (SSSR count). The van der Waals surface area contributed by atoms with Crippen molar-refractivity contribution in [3.63, 3.8) is 0 Å². The Labute approximate surface area is 124 Å². The molecule has 110 valence electrons. The summed E-state index contributed by atoms with van der Waals surface area (Å²) < 4.78 is 5.15. The number of rotatable bonds is 5. The summed E-state index contributed by atoms with van der Waals surface area (Å²) in [4.78, 5) is 18.2. The fourth-order valence-electron chi connectivity index (χ4n) is 1.85. The number of nitrogens with zero attached hydrogens (tertiary/aromatic N) is 2. The lowest BCUT2D eigenvalue weighted by Gasteiger charge is -2.11. The summed E-state index contributed by atoms with van der Waals surface area (Å²) in [5.41, 5.74) is 1.53. The molecule has 1 heterocycles. The average molecular weight is 285 g/mol. The van der Waals surface area contributed by atoms with E-state index in [1.165, 1.54) is 0 Å². The first kappa shape index (κ1) is 14.8. The number of carbonyl (C=O) groups excluding carboxylic acids is 1. The number of aromatic nitrogens is 1. The number of methoxy groups -OCH3 is 1. The van der Waals surface area contributed by atoms with E-state index in [0.717, 1.165) is 17.1 Å². The van der Waals surface area contributed by atoms with Crippen LogP contribution in [0.3, 0.4) is 0 Å². The van der Waals surface area contributed by atoms with Crippen molar-refractivity contribution in [3.8, 4) is 5.75 Å². The minimum atomic E-state index is -0.143. The molecule has 0 spiro atoms. The molecule has 0 radical (unpaired) electrons. The molecule has 0 fully saturated rings. The van der Waals surface area contributed by atoms with Gasteiger partial charge in [-0.3, -0.25) is 4.79 Å². The summed E-state index contributed by atoms with van der Waals surface area (Å²) in [5.74, 6) is 1.45. The van der Waals surface area contributed by atoms with Gasteiger partial charge in [0.15, 0.2) is 0 Å². The van der Waals surface area contributed by atoms with Crippen LogP contribution in [-0.4, -0.2) is 32.1 Å². The monoisotopic (exact) mass is 285 g/mol. The van der Waals surface area contributed by atoms with Crippen molar-refractivity contribution in [1.29, 1.82) is 0 Å². The number of hydrogen-bond donors (Lipinski definition) is 1. The van der Waals surface area contributed by atoms with Crippen molar-refractivity contribution in [2.45, 2.75) is 6.54 Å². The van der Waals surface area contributed by atoms with E-state index in [0.29, 0.717) is 12.1 Å². The normalized spacial score (nSPS) is 10.0. The minimum Gasteiger partial charge on any atom is -0.497 e. The standard InChI is InChI=1S/C16H19N3O2/c1-19(2)15-8-7-13(11-17-15)16(20)18-10-12-5-4-6-14(9-12)21-3/h4-9,11H,10H2,1-3H3,(H,18,20). The lowest BCUT2D eigenvalue weighted by atomic mass is 10.2. The average Bonchev–Trinajstić information content (AvgIpc) is 2.53. The van der Waals surface area contributed by atoms with Gasteiger partial charge in [0.25, 0.3) is 5.91 Å². The number of nitrogens with one attached hydrogen (secondary N) is 1. The lowest BCUT2D eigenvalue weighted by Crippen LogP contribution is -2.23. The molecular weight excluding hydrogens is 266 g/mol. The first-order valence-electron chi connectivity index (χ1n) is 6.64. The van der Waals surface area contributed by atoms with E-state index in [-0.39, 0.29) is 5.91 Å². The molecule has 1 aromatic carbocycles. The Balaban J connectivity index is 1.97. The molecule has 0 aliphatic heterocycles. The van der Waals surface area contributed by atoms with Gasteiger partial charge in [0.05, 0.1) is 12.7 Å². The fourth-order valence-corrected chi connectivity index (χ4v) is 1.85. The predicted molar refractivity (Wildman–Crippen MR) is 82.7 cm³/mol. The van der Waals surface area contributed by atoms with Crippen LogP contribution < -0.4 is 15.0 Å². The number of amides is 1. The van der Waals surface area contributed by atoms with Gasteiger partial charge >= 0.3 is 0 Å². The van der Waals surface area contributed by atoms with E-state index in [4.69, 9.17) is 4.74 Å². The third-order valence-electron chi connectivity index (χ3n) is 3.06. The molecule has 0 aliphatic rings. The highest BCUT2D eigenvalue weighted by molar-refractivity contribution is 5.94. The minimum absolute atomic E-state index is 0.143. The summed E-state index contributed by atoms with van der Waals surface area (Å²) in [6, 6.07) is 11.2. The van der Waals surface area contributed by atoms with Gasteiger partial charge in [0.1, 0.15) is 11.6 Å². The number of carbonyl (C=O) groups is 1. The number of hydrogen-bond acceptors (Lipinski definition) is 4. The zero-order valence-electron chi connectivity index (χ0n) is 12.5. The Bertz CT molecular complexity index is 609. The summed E-state index contributed by atoms with van der Waals surface area (Å²) in [6.45, 7) is 0.450. The Morgan fingerprint density at radius 2 is 2.10 bits per heavy atom. The summed E-state index contributed by atoms with van der Waals surface area (Å²) in [7, 11) is 5.44. The second kappa shape index (κ2) is 6.74. The maximum absolute atomic E-state index is 12.1. The van der Waals surface area contributed by atoms with Gasteiger partial charge in [-0.15, -0.1) is 0 Å². The molecule has 0 bridgehead atoms. The van der Waals surface area contributed by atoms with Gasteiger partial charge in [0.2, 0.25) is 0 Å². The molecule has 1 amide bonds. The van der Waals surface area contributed by atoms with Gasteiger partial charge in [-0.2, -0.15) is 0 Å². The van der Waals surface area contributed by atoms with Crippen LogP contribution >= 0.6 is 0 Å². The molecule has 1 N–H and O–H groups in total. The van der Waals surface area contributed by atoms with Gasteiger partial charge in [-0.25, -0.2) is 4.98 Å². The van der Waals surface area contributed by atoms with Crippen LogP contribution in [0.4, 0.5) is 5.82 Å². The summed E-state index contributed by atoms with van der Waals surface area (Å²) in [5, 5.41) is 2.87. The van der Waals surface area contributed by atoms with Crippen molar-refractivity contribution in [1.82, 2.24) is 10.3 Å². The molecule has 0 atom stereocenters. The van der Waals surface area contributed by atoms with Crippen molar-refractivity contribution in [3.05, 3.63) is 53.7 Å². The van der Waals surface area contributed by atoms with Crippen LogP contribution in [0.2, 0.25) is 0 Å². The second-order valence-electron chi connectivity index (χ2n) is 4.83. The molecule has 0 saturated carbocycles. The van der Waals surface area contributed by atoms with E-state index < -0.39 is 0 Å². The molecule has 0 unspecified atom stereocenters. The van der Waals surface area contributed by atoms with Gasteiger partial charge in [-0.05, 0) is 29.8 Å². The van der Waals surface area contributed by atoms with Gasteiger partial charge in [-0.1, -0.05) is 12.1 Å². The molecule has 2 aromatic rings. The SMILES string of the molecule is COc1cccc(CNC(=O)c2ccc(N(C)C)nc2)c1. The molecule has 1 aromatic heterocycles. The third kappa shape index (κ3) is 3.95. The Morgan fingerprint density at radius 1 is 1.29 bits per heavy atom. The Kier molecular flexibility index (Phi) is 4.77. The Morgan fingerprint density at radius 3 is 2.71 bits per heavy atom. The molecule has 0 saturated heterocycles. The topological polar surface area (TPSA) is 54.5 Å². The number of ether oxygens (including phenoxy) is 1. The van der Waals surface area contributed by atoms with Crippen LogP contribution in [0, 0.1) is 0 Å². The van der Waals surface area contributed by atoms with Crippen LogP contribution in [0.5, 0.6) is 5.75 Å². The van der Waals surface area contributed by atoms with E-state index in [9.17, 15) is 4.79 Å². The van der Waals surface area contributed by atoms with E-state index in [2.05, 4.69) is 10.3 Å². The molecule has 5 nitrogen and oxygen atoms in total. The van der Waals surface area contributed by atoms with Crippen LogP contribution in [-0.2, 0) is 6.54 Å². The first-order valence-corrected chi connectivity index (χ1v) is 6.64. The van der Waals surface area contributed by atoms with Crippen molar-refractivity contribution >= 4 is 11.7 Å². The molecular formula is C16H19N3O2. The van der Waals surface area contributed by atoms with Gasteiger partial charge < -0.3 is 15.0 Å². The Hall–Kier alpha value is -2.56.